The maximum absolute atomic E-state index is 12.9. The molecule has 156 valence electrons. The molecule has 0 aliphatic carbocycles. The second kappa shape index (κ2) is 9.92. The van der Waals surface area contributed by atoms with Crippen molar-refractivity contribution in [2.45, 2.75) is 24.7 Å². The molecule has 0 bridgehead atoms. The van der Waals surface area contributed by atoms with E-state index in [2.05, 4.69) is 15.4 Å². The summed E-state index contributed by atoms with van der Waals surface area (Å²) in [6, 6.07) is 10.3. The van der Waals surface area contributed by atoms with Gasteiger partial charge in [-0.2, -0.15) is 0 Å². The minimum atomic E-state index is -4.05. The van der Waals surface area contributed by atoms with Gasteiger partial charge in [-0.3, -0.25) is 14.3 Å². The SMILES string of the molecule is CCCCNC(=O)c1ccccc1NS(=O)(=O)c1ccc(OC)c(C(=O)NC)c1. The van der Waals surface area contributed by atoms with Crippen LogP contribution in [-0.2, 0) is 10.0 Å². The molecule has 0 saturated carbocycles. The molecule has 2 aromatic rings. The zero-order valence-corrected chi connectivity index (χ0v) is 17.4. The maximum atomic E-state index is 12.9. The molecule has 3 N–H and O–H groups in total. The number of hydrogen-bond donors (Lipinski definition) is 3. The smallest absolute Gasteiger partial charge is 0.261 e. The standard InChI is InChI=1S/C20H25N3O5S/c1-4-5-12-22-20(25)15-8-6-7-9-17(15)23-29(26,27)14-10-11-18(28-3)16(13-14)19(24)21-2/h6-11,13,23H,4-5,12H2,1-3H3,(H,21,24)(H,22,25). The number of unbranched alkanes of at least 4 members (excludes halogenated alkanes) is 1. The van der Waals surface area contributed by atoms with Gasteiger partial charge in [0.1, 0.15) is 5.75 Å². The minimum Gasteiger partial charge on any atom is -0.496 e. The molecule has 0 aliphatic rings. The number of carbonyl (C=O) groups excluding carboxylic acids is 2. The third kappa shape index (κ3) is 5.47. The maximum Gasteiger partial charge on any atom is 0.261 e. The quantitative estimate of drug-likeness (QED) is 0.540. The van der Waals surface area contributed by atoms with Crippen LogP contribution in [0.5, 0.6) is 5.75 Å². The van der Waals surface area contributed by atoms with Gasteiger partial charge in [-0.25, -0.2) is 8.42 Å². The summed E-state index contributed by atoms with van der Waals surface area (Å²) in [7, 11) is -1.22. The predicted octanol–water partition coefficient (Wildman–Crippen LogP) is 2.39. The highest BCUT2D eigenvalue weighted by Gasteiger charge is 2.21. The van der Waals surface area contributed by atoms with E-state index in [1.54, 1.807) is 18.2 Å². The number of para-hydroxylation sites is 1. The molecule has 2 aromatic carbocycles. The van der Waals surface area contributed by atoms with Crippen LogP contribution >= 0.6 is 0 Å². The molecule has 0 radical (unpaired) electrons. The molecular formula is C20H25N3O5S. The van der Waals surface area contributed by atoms with Crippen molar-refractivity contribution in [3.63, 3.8) is 0 Å². The van der Waals surface area contributed by atoms with E-state index in [1.165, 1.54) is 38.4 Å². The average molecular weight is 420 g/mol. The Morgan fingerprint density at radius 1 is 1.03 bits per heavy atom. The Bertz CT molecular complexity index is 989. The molecule has 0 fully saturated rings. The van der Waals surface area contributed by atoms with Crippen molar-refractivity contribution in [2.24, 2.45) is 0 Å². The molecule has 0 spiro atoms. The van der Waals surface area contributed by atoms with Crippen LogP contribution in [0.25, 0.3) is 0 Å². The lowest BCUT2D eigenvalue weighted by atomic mass is 10.1. The number of nitrogens with one attached hydrogen (secondary N) is 3. The van der Waals surface area contributed by atoms with Crippen molar-refractivity contribution in [3.05, 3.63) is 53.6 Å². The first kappa shape index (κ1) is 22.2. The Morgan fingerprint density at radius 3 is 2.41 bits per heavy atom. The Balaban J connectivity index is 2.35. The molecule has 0 heterocycles. The fourth-order valence-corrected chi connectivity index (χ4v) is 3.72. The first-order chi connectivity index (χ1) is 13.8. The van der Waals surface area contributed by atoms with E-state index >= 15 is 0 Å². The van der Waals surface area contributed by atoms with Gasteiger partial charge in [0.2, 0.25) is 0 Å². The van der Waals surface area contributed by atoms with Gasteiger partial charge in [0.25, 0.3) is 21.8 Å². The fraction of sp³-hybridized carbons (Fsp3) is 0.300. The number of amides is 2. The number of sulfonamides is 1. The largest absolute Gasteiger partial charge is 0.496 e. The molecule has 0 aliphatic heterocycles. The summed E-state index contributed by atoms with van der Waals surface area (Å²) in [5.41, 5.74) is 0.453. The van der Waals surface area contributed by atoms with Gasteiger partial charge in [-0.15, -0.1) is 0 Å². The zero-order valence-electron chi connectivity index (χ0n) is 16.6. The first-order valence-corrected chi connectivity index (χ1v) is 10.6. The number of methoxy groups -OCH3 is 1. The van der Waals surface area contributed by atoms with Crippen LogP contribution in [0.3, 0.4) is 0 Å². The Morgan fingerprint density at radius 2 is 1.76 bits per heavy atom. The van der Waals surface area contributed by atoms with Crippen molar-refractivity contribution >= 4 is 27.5 Å². The second-order valence-corrected chi connectivity index (χ2v) is 7.88. The highest BCUT2D eigenvalue weighted by molar-refractivity contribution is 7.92. The highest BCUT2D eigenvalue weighted by atomic mass is 32.2. The van der Waals surface area contributed by atoms with Crippen molar-refractivity contribution < 1.29 is 22.7 Å². The van der Waals surface area contributed by atoms with Gasteiger partial charge in [0.15, 0.2) is 0 Å². The molecule has 0 unspecified atom stereocenters. The Kier molecular flexibility index (Phi) is 7.60. The molecular weight excluding hydrogens is 394 g/mol. The van der Waals surface area contributed by atoms with Crippen molar-refractivity contribution in [3.8, 4) is 5.75 Å². The molecule has 8 nitrogen and oxygen atoms in total. The van der Waals surface area contributed by atoms with Crippen LogP contribution in [0.4, 0.5) is 5.69 Å². The summed E-state index contributed by atoms with van der Waals surface area (Å²) in [5.74, 6) is -0.592. The van der Waals surface area contributed by atoms with E-state index in [0.717, 1.165) is 12.8 Å². The Hall–Kier alpha value is -3.07. The molecule has 0 atom stereocenters. The van der Waals surface area contributed by atoms with Gasteiger partial charge in [0, 0.05) is 13.6 Å². The molecule has 0 saturated heterocycles. The number of anilines is 1. The molecule has 29 heavy (non-hydrogen) atoms. The highest BCUT2D eigenvalue weighted by Crippen LogP contribution is 2.25. The van der Waals surface area contributed by atoms with Crippen molar-refractivity contribution in [1.29, 1.82) is 0 Å². The molecule has 2 amide bonds. The van der Waals surface area contributed by atoms with Gasteiger partial charge in [-0.05, 0) is 36.8 Å². The summed E-state index contributed by atoms with van der Waals surface area (Å²) in [6.07, 6.45) is 1.76. The number of benzene rings is 2. The lowest BCUT2D eigenvalue weighted by Gasteiger charge is -2.14. The zero-order chi connectivity index (χ0) is 21.4. The lowest BCUT2D eigenvalue weighted by molar-refractivity contribution is 0.0948. The third-order valence-electron chi connectivity index (χ3n) is 4.18. The van der Waals surface area contributed by atoms with E-state index in [9.17, 15) is 18.0 Å². The number of ether oxygens (including phenoxy) is 1. The summed E-state index contributed by atoms with van der Waals surface area (Å²) < 4.78 is 33.3. The topological polar surface area (TPSA) is 114 Å². The molecule has 2 rings (SSSR count). The monoisotopic (exact) mass is 419 g/mol. The van der Waals surface area contributed by atoms with E-state index in [1.807, 2.05) is 6.92 Å². The van der Waals surface area contributed by atoms with Crippen LogP contribution in [0.2, 0.25) is 0 Å². The molecule has 0 aromatic heterocycles. The normalized spacial score (nSPS) is 10.9. The first-order valence-electron chi connectivity index (χ1n) is 9.14. The van der Waals surface area contributed by atoms with Gasteiger partial charge < -0.3 is 15.4 Å². The summed E-state index contributed by atoms with van der Waals surface area (Å²) in [5, 5.41) is 5.21. The van der Waals surface area contributed by atoms with Gasteiger partial charge >= 0.3 is 0 Å². The fourth-order valence-electron chi connectivity index (χ4n) is 2.61. The predicted molar refractivity (Wildman–Crippen MR) is 111 cm³/mol. The van der Waals surface area contributed by atoms with Gasteiger partial charge in [0.05, 0.1) is 28.8 Å². The van der Waals surface area contributed by atoms with E-state index in [-0.39, 0.29) is 33.4 Å². The third-order valence-corrected chi connectivity index (χ3v) is 5.55. The van der Waals surface area contributed by atoms with E-state index in [4.69, 9.17) is 4.74 Å². The number of rotatable bonds is 9. The van der Waals surface area contributed by atoms with E-state index in [0.29, 0.717) is 6.54 Å². The molecule has 9 heteroatoms. The van der Waals surface area contributed by atoms with Crippen molar-refractivity contribution in [1.82, 2.24) is 10.6 Å². The summed E-state index contributed by atoms with van der Waals surface area (Å²) >= 11 is 0. The summed E-state index contributed by atoms with van der Waals surface area (Å²) in [4.78, 5) is 24.3. The van der Waals surface area contributed by atoms with Gasteiger partial charge in [-0.1, -0.05) is 25.5 Å². The average Bonchev–Trinajstić information content (AvgIpc) is 2.72. The van der Waals surface area contributed by atoms with Crippen LogP contribution in [0, 0.1) is 0 Å². The Labute approximate surface area is 170 Å². The summed E-state index contributed by atoms with van der Waals surface area (Å²) in [6.45, 7) is 2.51. The van der Waals surface area contributed by atoms with Crippen LogP contribution < -0.4 is 20.1 Å². The second-order valence-electron chi connectivity index (χ2n) is 6.20. The van der Waals surface area contributed by atoms with Crippen LogP contribution in [0.15, 0.2) is 47.4 Å². The van der Waals surface area contributed by atoms with Crippen LogP contribution in [0.1, 0.15) is 40.5 Å². The minimum absolute atomic E-state index is 0.0865. The number of carbonyl (C=O) groups is 2. The number of hydrogen-bond acceptors (Lipinski definition) is 5. The van der Waals surface area contributed by atoms with E-state index < -0.39 is 15.9 Å². The van der Waals surface area contributed by atoms with Crippen molar-refractivity contribution in [2.75, 3.05) is 25.4 Å². The van der Waals surface area contributed by atoms with Crippen LogP contribution in [-0.4, -0.2) is 40.9 Å². The lowest BCUT2D eigenvalue weighted by Crippen LogP contribution is -2.26.